The molecule has 0 atom stereocenters. The average molecular weight is 382 g/mol. The number of carbonyl (C=O) groups excluding carboxylic acids is 4. The molecule has 144 valence electrons. The van der Waals surface area contributed by atoms with E-state index in [1.54, 1.807) is 42.5 Å². The number of anilines is 1. The van der Waals surface area contributed by atoms with Crippen LogP contribution < -0.4 is 4.90 Å². The van der Waals surface area contributed by atoms with Crippen LogP contribution in [0.5, 0.6) is 0 Å². The van der Waals surface area contributed by atoms with Gasteiger partial charge >= 0.3 is 12.1 Å². The molecule has 2 aromatic rings. The molecule has 0 aromatic heterocycles. The Morgan fingerprint density at radius 3 is 2.07 bits per heavy atom. The largest absolute Gasteiger partial charge is 0.444 e. The summed E-state index contributed by atoms with van der Waals surface area (Å²) in [6.45, 7) is -0.490. The Bertz CT molecular complexity index is 853. The first-order valence-electron chi connectivity index (χ1n) is 8.64. The number of amides is 3. The van der Waals surface area contributed by atoms with E-state index in [0.717, 1.165) is 10.5 Å². The van der Waals surface area contributed by atoms with E-state index < -0.39 is 30.4 Å². The minimum atomic E-state index is -0.927. The molecule has 28 heavy (non-hydrogen) atoms. The van der Waals surface area contributed by atoms with Crippen molar-refractivity contribution in [3.05, 3.63) is 66.2 Å². The van der Waals surface area contributed by atoms with E-state index in [4.69, 9.17) is 9.57 Å². The van der Waals surface area contributed by atoms with Gasteiger partial charge in [0.15, 0.2) is 0 Å². The number of hydroxylamine groups is 2. The van der Waals surface area contributed by atoms with Crippen molar-refractivity contribution in [2.24, 2.45) is 0 Å². The molecule has 3 rings (SSSR count). The van der Waals surface area contributed by atoms with Crippen LogP contribution in [-0.4, -0.2) is 35.5 Å². The summed E-state index contributed by atoms with van der Waals surface area (Å²) in [5, 5.41) is 0.445. The van der Waals surface area contributed by atoms with Crippen LogP contribution in [0.25, 0.3) is 0 Å². The van der Waals surface area contributed by atoms with Crippen molar-refractivity contribution in [3.8, 4) is 0 Å². The number of hydrogen-bond donors (Lipinski definition) is 0. The molecule has 0 saturated carbocycles. The number of benzene rings is 2. The minimum absolute atomic E-state index is 0.00632. The molecule has 3 amide bonds. The number of nitrogens with zero attached hydrogens (tertiary/aromatic N) is 2. The molecule has 0 N–H and O–H groups in total. The molecule has 8 nitrogen and oxygen atoms in total. The van der Waals surface area contributed by atoms with Crippen molar-refractivity contribution in [1.29, 1.82) is 0 Å². The Labute approximate surface area is 161 Å². The van der Waals surface area contributed by atoms with Crippen molar-refractivity contribution in [2.45, 2.75) is 19.4 Å². The van der Waals surface area contributed by atoms with Crippen LogP contribution in [0.15, 0.2) is 60.7 Å². The monoisotopic (exact) mass is 382 g/mol. The highest BCUT2D eigenvalue weighted by Gasteiger charge is 2.34. The van der Waals surface area contributed by atoms with Crippen LogP contribution in [-0.2, 0) is 30.6 Å². The highest BCUT2D eigenvalue weighted by molar-refractivity contribution is 6.02. The third kappa shape index (κ3) is 4.73. The summed E-state index contributed by atoms with van der Waals surface area (Å²) in [5.41, 5.74) is 1.20. The number of ether oxygens (including phenoxy) is 1. The molecule has 0 bridgehead atoms. The van der Waals surface area contributed by atoms with Crippen LogP contribution in [0, 0.1) is 0 Å². The fourth-order valence-electron chi connectivity index (χ4n) is 2.58. The van der Waals surface area contributed by atoms with Crippen LogP contribution in [0.2, 0.25) is 0 Å². The maximum absolute atomic E-state index is 12.6. The van der Waals surface area contributed by atoms with Crippen molar-refractivity contribution >= 4 is 29.6 Å². The Kier molecular flexibility index (Phi) is 6.01. The molecule has 1 aliphatic heterocycles. The molecule has 1 fully saturated rings. The lowest BCUT2D eigenvalue weighted by atomic mass is 10.2. The SMILES string of the molecule is O=C(CN(C(=O)OCc1ccccc1)c1ccccc1)ON1C(=O)CCC1=O. The van der Waals surface area contributed by atoms with Gasteiger partial charge in [-0.2, -0.15) is 0 Å². The maximum Gasteiger partial charge on any atom is 0.415 e. The summed E-state index contributed by atoms with van der Waals surface area (Å²) in [6, 6.07) is 17.5. The van der Waals surface area contributed by atoms with E-state index in [2.05, 4.69) is 0 Å². The molecular formula is C20H18N2O6. The molecule has 0 spiro atoms. The third-order valence-electron chi connectivity index (χ3n) is 3.98. The topological polar surface area (TPSA) is 93.2 Å². The zero-order valence-electron chi connectivity index (χ0n) is 14.9. The van der Waals surface area contributed by atoms with Gasteiger partial charge in [-0.1, -0.05) is 48.5 Å². The van der Waals surface area contributed by atoms with Gasteiger partial charge in [-0.05, 0) is 17.7 Å². The van der Waals surface area contributed by atoms with E-state index >= 15 is 0 Å². The summed E-state index contributed by atoms with van der Waals surface area (Å²) in [7, 11) is 0. The second kappa shape index (κ2) is 8.81. The molecule has 8 heteroatoms. The van der Waals surface area contributed by atoms with Crippen LogP contribution in [0.3, 0.4) is 0 Å². The lowest BCUT2D eigenvalue weighted by molar-refractivity contribution is -0.196. The fraction of sp³-hybridized carbons (Fsp3) is 0.200. The number of para-hydroxylation sites is 1. The Morgan fingerprint density at radius 1 is 0.893 bits per heavy atom. The molecular weight excluding hydrogens is 364 g/mol. The summed E-state index contributed by atoms with van der Waals surface area (Å²) in [5.74, 6) is -2.10. The molecule has 1 heterocycles. The summed E-state index contributed by atoms with van der Waals surface area (Å²) >= 11 is 0. The molecule has 2 aromatic carbocycles. The Hall–Kier alpha value is -3.68. The van der Waals surface area contributed by atoms with Gasteiger partial charge in [-0.25, -0.2) is 9.59 Å². The van der Waals surface area contributed by atoms with E-state index in [-0.39, 0.29) is 19.4 Å². The van der Waals surface area contributed by atoms with Gasteiger partial charge in [0.05, 0.1) is 0 Å². The zero-order chi connectivity index (χ0) is 19.9. The van der Waals surface area contributed by atoms with Gasteiger partial charge in [0, 0.05) is 18.5 Å². The lowest BCUT2D eigenvalue weighted by Gasteiger charge is -2.22. The van der Waals surface area contributed by atoms with Crippen LogP contribution >= 0.6 is 0 Å². The van der Waals surface area contributed by atoms with E-state index in [1.807, 2.05) is 18.2 Å². The minimum Gasteiger partial charge on any atom is -0.444 e. The number of rotatable bonds is 6. The molecule has 1 aliphatic rings. The number of imide groups is 1. The maximum atomic E-state index is 12.6. The third-order valence-corrected chi connectivity index (χ3v) is 3.98. The fourth-order valence-corrected chi connectivity index (χ4v) is 2.58. The van der Waals surface area contributed by atoms with Gasteiger partial charge in [-0.3, -0.25) is 14.5 Å². The normalized spacial score (nSPS) is 13.4. The van der Waals surface area contributed by atoms with E-state index in [1.165, 1.54) is 0 Å². The molecule has 1 saturated heterocycles. The molecule has 0 unspecified atom stereocenters. The zero-order valence-corrected chi connectivity index (χ0v) is 14.9. The predicted molar refractivity (Wildman–Crippen MR) is 97.6 cm³/mol. The van der Waals surface area contributed by atoms with Crippen LogP contribution in [0.1, 0.15) is 18.4 Å². The smallest absolute Gasteiger partial charge is 0.415 e. The van der Waals surface area contributed by atoms with Crippen LogP contribution in [0.4, 0.5) is 10.5 Å². The first-order valence-corrected chi connectivity index (χ1v) is 8.64. The van der Waals surface area contributed by atoms with E-state index in [9.17, 15) is 19.2 Å². The van der Waals surface area contributed by atoms with Crippen molar-refractivity contribution in [3.63, 3.8) is 0 Å². The Morgan fingerprint density at radius 2 is 1.46 bits per heavy atom. The van der Waals surface area contributed by atoms with Crippen molar-refractivity contribution in [2.75, 3.05) is 11.4 Å². The first kappa shape index (κ1) is 19.1. The second-order valence-electron chi connectivity index (χ2n) is 6.01. The lowest BCUT2D eigenvalue weighted by Crippen LogP contribution is -2.40. The van der Waals surface area contributed by atoms with Gasteiger partial charge in [-0.15, -0.1) is 5.06 Å². The van der Waals surface area contributed by atoms with E-state index in [0.29, 0.717) is 10.8 Å². The first-order chi connectivity index (χ1) is 13.5. The quantitative estimate of drug-likeness (QED) is 0.713. The highest BCUT2D eigenvalue weighted by Crippen LogP contribution is 2.17. The standard InChI is InChI=1S/C20H18N2O6/c23-17-11-12-18(24)22(17)28-19(25)13-21(16-9-5-2-6-10-16)20(26)27-14-15-7-3-1-4-8-15/h1-10H,11-14H2. The predicted octanol–water partition coefficient (Wildman–Crippen LogP) is 2.44. The van der Waals surface area contributed by atoms with Gasteiger partial charge in [0.2, 0.25) is 0 Å². The summed E-state index contributed by atoms with van der Waals surface area (Å²) in [6.07, 6.45) is -0.771. The molecule has 0 radical (unpaired) electrons. The summed E-state index contributed by atoms with van der Waals surface area (Å²) < 4.78 is 5.29. The average Bonchev–Trinajstić information content (AvgIpc) is 3.03. The van der Waals surface area contributed by atoms with Crippen molar-refractivity contribution in [1.82, 2.24) is 5.06 Å². The van der Waals surface area contributed by atoms with Gasteiger partial charge in [0.25, 0.3) is 11.8 Å². The second-order valence-corrected chi connectivity index (χ2v) is 6.01. The van der Waals surface area contributed by atoms with Gasteiger partial charge < -0.3 is 9.57 Å². The highest BCUT2D eigenvalue weighted by atomic mass is 16.7. The molecule has 0 aliphatic carbocycles. The summed E-state index contributed by atoms with van der Waals surface area (Å²) in [4.78, 5) is 53.9. The van der Waals surface area contributed by atoms with Crippen molar-refractivity contribution < 1.29 is 28.8 Å². The number of carbonyl (C=O) groups is 4. The Balaban J connectivity index is 1.68. The number of hydrogen-bond acceptors (Lipinski definition) is 6. The van der Waals surface area contributed by atoms with Gasteiger partial charge in [0.1, 0.15) is 13.2 Å².